The number of carbonyl (C=O) groups excluding carboxylic acids is 1. The van der Waals surface area contributed by atoms with Crippen molar-refractivity contribution in [3.05, 3.63) is 45.7 Å². The molecule has 2 aromatic heterocycles. The van der Waals surface area contributed by atoms with Crippen molar-refractivity contribution in [3.63, 3.8) is 0 Å². The molecule has 2 aliphatic rings. The molecule has 1 aromatic carbocycles. The molecular weight excluding hydrogens is 436 g/mol. The van der Waals surface area contributed by atoms with Crippen LogP contribution in [-0.4, -0.2) is 54.9 Å². The third kappa shape index (κ3) is 2.86. The van der Waals surface area contributed by atoms with E-state index in [2.05, 4.69) is 26.0 Å². The molecule has 10 heteroatoms. The van der Waals surface area contributed by atoms with Crippen molar-refractivity contribution in [2.45, 2.75) is 13.1 Å². The van der Waals surface area contributed by atoms with Gasteiger partial charge in [-0.2, -0.15) is 5.10 Å². The molecule has 0 unspecified atom stereocenters. The summed E-state index contributed by atoms with van der Waals surface area (Å²) in [5.41, 5.74) is 2.70. The van der Waals surface area contributed by atoms with Gasteiger partial charge in [-0.1, -0.05) is 27.5 Å². The van der Waals surface area contributed by atoms with Crippen molar-refractivity contribution in [2.24, 2.45) is 0 Å². The molecule has 0 bridgehead atoms. The zero-order valence-corrected chi connectivity index (χ0v) is 16.4. The van der Waals surface area contributed by atoms with Crippen molar-refractivity contribution in [1.82, 2.24) is 29.2 Å². The molecule has 3 aromatic rings. The van der Waals surface area contributed by atoms with Gasteiger partial charge in [0.2, 0.25) is 5.91 Å². The summed E-state index contributed by atoms with van der Waals surface area (Å²) in [5, 5.41) is 5.09. The average molecular weight is 450 g/mol. The fourth-order valence-corrected chi connectivity index (χ4v) is 3.95. The Morgan fingerprint density at radius 3 is 3.07 bits per heavy atom. The summed E-state index contributed by atoms with van der Waals surface area (Å²) in [5.74, 6) is 1.28. The summed E-state index contributed by atoms with van der Waals surface area (Å²) >= 11 is 9.84. The zero-order chi connectivity index (χ0) is 18.5. The SMILES string of the molecule is O=C1COCCN1Cc1nc2n(n1)Cc1c(Cl)ncn1-c1ccc(Br)cc1-2. The van der Waals surface area contributed by atoms with Crippen LogP contribution in [0.15, 0.2) is 29.0 Å². The number of amides is 1. The average Bonchev–Trinajstić information content (AvgIpc) is 3.18. The highest BCUT2D eigenvalue weighted by molar-refractivity contribution is 9.10. The van der Waals surface area contributed by atoms with Gasteiger partial charge in [-0.3, -0.25) is 9.36 Å². The Labute approximate surface area is 167 Å². The van der Waals surface area contributed by atoms with E-state index < -0.39 is 0 Å². The lowest BCUT2D eigenvalue weighted by Gasteiger charge is -2.25. The van der Waals surface area contributed by atoms with Crippen LogP contribution in [0, 0.1) is 0 Å². The van der Waals surface area contributed by atoms with Gasteiger partial charge < -0.3 is 9.64 Å². The predicted octanol–water partition coefficient (Wildman–Crippen LogP) is 2.27. The number of rotatable bonds is 2. The number of imidazole rings is 1. The molecule has 0 aliphatic carbocycles. The largest absolute Gasteiger partial charge is 0.370 e. The quantitative estimate of drug-likeness (QED) is 0.469. The molecule has 1 fully saturated rings. The summed E-state index contributed by atoms with van der Waals surface area (Å²) in [6.45, 7) is 1.99. The van der Waals surface area contributed by atoms with Gasteiger partial charge in [0.1, 0.15) is 12.9 Å². The zero-order valence-electron chi connectivity index (χ0n) is 14.1. The van der Waals surface area contributed by atoms with E-state index >= 15 is 0 Å². The maximum absolute atomic E-state index is 12.0. The van der Waals surface area contributed by atoms with Crippen molar-refractivity contribution in [2.75, 3.05) is 19.8 Å². The monoisotopic (exact) mass is 448 g/mol. The van der Waals surface area contributed by atoms with E-state index in [1.807, 2.05) is 27.4 Å². The molecule has 0 radical (unpaired) electrons. The normalized spacial score (nSPS) is 15.9. The Balaban J connectivity index is 1.60. The van der Waals surface area contributed by atoms with Gasteiger partial charge in [0, 0.05) is 16.6 Å². The lowest BCUT2D eigenvalue weighted by atomic mass is 10.1. The van der Waals surface area contributed by atoms with Gasteiger partial charge in [-0.15, -0.1) is 0 Å². The van der Waals surface area contributed by atoms with E-state index in [9.17, 15) is 4.79 Å². The number of halogens is 2. The first-order chi connectivity index (χ1) is 13.1. The molecule has 1 saturated heterocycles. The first kappa shape index (κ1) is 16.9. The minimum atomic E-state index is -0.0458. The number of hydrogen-bond acceptors (Lipinski definition) is 5. The van der Waals surface area contributed by atoms with Gasteiger partial charge in [0.15, 0.2) is 16.8 Å². The Morgan fingerprint density at radius 1 is 1.33 bits per heavy atom. The molecule has 0 atom stereocenters. The van der Waals surface area contributed by atoms with E-state index in [-0.39, 0.29) is 12.5 Å². The van der Waals surface area contributed by atoms with Gasteiger partial charge >= 0.3 is 0 Å². The van der Waals surface area contributed by atoms with E-state index in [0.29, 0.717) is 37.2 Å². The molecule has 27 heavy (non-hydrogen) atoms. The Kier molecular flexibility index (Phi) is 4.03. The number of benzene rings is 1. The summed E-state index contributed by atoms with van der Waals surface area (Å²) < 4.78 is 9.91. The second-order valence-electron chi connectivity index (χ2n) is 6.39. The fraction of sp³-hybridized carbons (Fsp3) is 0.294. The summed E-state index contributed by atoms with van der Waals surface area (Å²) in [4.78, 5) is 22.7. The van der Waals surface area contributed by atoms with Crippen LogP contribution in [0.25, 0.3) is 17.1 Å². The third-order valence-corrected chi connectivity index (χ3v) is 5.51. The Bertz CT molecular complexity index is 1060. The number of morpholine rings is 1. The standard InChI is InChI=1S/C17H14BrClN6O2/c18-10-1-2-12-11(5-10)17-21-14(7-23-3-4-27-8-15(23)26)22-25(17)6-13-16(19)20-9-24(12)13/h1-2,5,9H,3-4,6-8H2. The summed E-state index contributed by atoms with van der Waals surface area (Å²) in [7, 11) is 0. The van der Waals surface area contributed by atoms with Gasteiger partial charge in [-0.05, 0) is 18.2 Å². The topological polar surface area (TPSA) is 78.1 Å². The maximum atomic E-state index is 12.0. The van der Waals surface area contributed by atoms with Gasteiger partial charge in [0.25, 0.3) is 0 Å². The maximum Gasteiger partial charge on any atom is 0.249 e. The van der Waals surface area contributed by atoms with Crippen molar-refractivity contribution in [1.29, 1.82) is 0 Å². The number of nitrogens with zero attached hydrogens (tertiary/aromatic N) is 6. The molecule has 138 valence electrons. The second kappa shape index (κ2) is 6.43. The summed E-state index contributed by atoms with van der Waals surface area (Å²) in [6.07, 6.45) is 1.71. The van der Waals surface area contributed by atoms with Crippen LogP contribution >= 0.6 is 27.5 Å². The van der Waals surface area contributed by atoms with E-state index in [1.165, 1.54) is 0 Å². The fourth-order valence-electron chi connectivity index (χ4n) is 3.39. The number of aromatic nitrogens is 5. The first-order valence-electron chi connectivity index (χ1n) is 8.41. The number of ether oxygens (including phenoxy) is 1. The van der Waals surface area contributed by atoms with Gasteiger partial charge in [0.05, 0.1) is 31.1 Å². The lowest BCUT2D eigenvalue weighted by molar-refractivity contribution is -0.143. The molecule has 8 nitrogen and oxygen atoms in total. The van der Waals surface area contributed by atoms with E-state index in [1.54, 1.807) is 11.2 Å². The Morgan fingerprint density at radius 2 is 2.22 bits per heavy atom. The third-order valence-electron chi connectivity index (χ3n) is 4.71. The van der Waals surface area contributed by atoms with Crippen LogP contribution < -0.4 is 0 Å². The second-order valence-corrected chi connectivity index (χ2v) is 7.66. The lowest BCUT2D eigenvalue weighted by Crippen LogP contribution is -2.41. The molecule has 4 heterocycles. The molecule has 0 N–H and O–H groups in total. The molecule has 1 amide bonds. The van der Waals surface area contributed by atoms with Crippen molar-refractivity contribution in [3.8, 4) is 17.1 Å². The molecule has 5 rings (SSSR count). The predicted molar refractivity (Wildman–Crippen MR) is 101 cm³/mol. The van der Waals surface area contributed by atoms with Crippen LogP contribution in [0.1, 0.15) is 11.5 Å². The Hall–Kier alpha value is -2.23. The number of fused-ring (bicyclic) bond motifs is 5. The molecule has 2 aliphatic heterocycles. The minimum Gasteiger partial charge on any atom is -0.370 e. The highest BCUT2D eigenvalue weighted by Gasteiger charge is 2.26. The number of hydrogen-bond donors (Lipinski definition) is 0. The van der Waals surface area contributed by atoms with Crippen LogP contribution in [-0.2, 0) is 22.6 Å². The van der Waals surface area contributed by atoms with E-state index in [4.69, 9.17) is 21.3 Å². The minimum absolute atomic E-state index is 0.0458. The molecule has 0 spiro atoms. The summed E-state index contributed by atoms with van der Waals surface area (Å²) in [6, 6.07) is 5.97. The van der Waals surface area contributed by atoms with Gasteiger partial charge in [-0.25, -0.2) is 14.6 Å². The molecule has 0 saturated carbocycles. The smallest absolute Gasteiger partial charge is 0.249 e. The van der Waals surface area contributed by atoms with Crippen LogP contribution in [0.3, 0.4) is 0 Å². The van der Waals surface area contributed by atoms with Crippen LogP contribution in [0.2, 0.25) is 5.15 Å². The van der Waals surface area contributed by atoms with Crippen LogP contribution in [0.5, 0.6) is 0 Å². The van der Waals surface area contributed by atoms with Crippen molar-refractivity contribution >= 4 is 33.4 Å². The van der Waals surface area contributed by atoms with Crippen molar-refractivity contribution < 1.29 is 9.53 Å². The highest BCUT2D eigenvalue weighted by atomic mass is 79.9. The number of carbonyl (C=O) groups is 1. The highest BCUT2D eigenvalue weighted by Crippen LogP contribution is 2.34. The first-order valence-corrected chi connectivity index (χ1v) is 9.58. The molecular formula is C17H14BrClN6O2. The van der Waals surface area contributed by atoms with Crippen LogP contribution in [0.4, 0.5) is 0 Å². The van der Waals surface area contributed by atoms with E-state index in [0.717, 1.165) is 27.2 Å².